The minimum Gasteiger partial charge on any atom is -0.356 e. The summed E-state index contributed by atoms with van der Waals surface area (Å²) < 4.78 is 19.3. The number of hydrogen-bond donors (Lipinski definition) is 1. The summed E-state index contributed by atoms with van der Waals surface area (Å²) in [6.07, 6.45) is 3.43. The van der Waals surface area contributed by atoms with E-state index in [0.717, 1.165) is 17.0 Å². The molecule has 0 radical (unpaired) electrons. The molecule has 0 fully saturated rings. The fourth-order valence-electron chi connectivity index (χ4n) is 2.78. The molecule has 0 aliphatic rings. The molecule has 3 heterocycles. The number of aryl methyl sites for hydroxylation is 2. The second-order valence-electron chi connectivity index (χ2n) is 6.42. The molecule has 140 valence electrons. The molecule has 7 heteroatoms. The smallest absolute Gasteiger partial charge is 0.223 e. The van der Waals surface area contributed by atoms with Crippen molar-refractivity contribution in [2.45, 2.75) is 20.4 Å². The Morgan fingerprint density at radius 2 is 1.86 bits per heavy atom. The third kappa shape index (κ3) is 3.73. The lowest BCUT2D eigenvalue weighted by molar-refractivity contribution is 0.427. The number of pyridine rings is 1. The van der Waals surface area contributed by atoms with Crippen molar-refractivity contribution in [1.82, 2.24) is 20.1 Å². The molecule has 4 aromatic rings. The van der Waals surface area contributed by atoms with Gasteiger partial charge in [-0.05, 0) is 32.0 Å². The first-order valence-corrected chi connectivity index (χ1v) is 8.81. The van der Waals surface area contributed by atoms with E-state index in [2.05, 4.69) is 25.4 Å². The van der Waals surface area contributed by atoms with Gasteiger partial charge in [-0.15, -0.1) is 0 Å². The van der Waals surface area contributed by atoms with Gasteiger partial charge in [-0.25, -0.2) is 14.4 Å². The number of rotatable bonds is 5. The van der Waals surface area contributed by atoms with Crippen LogP contribution in [-0.2, 0) is 6.54 Å². The lowest BCUT2D eigenvalue weighted by atomic mass is 10.1. The summed E-state index contributed by atoms with van der Waals surface area (Å²) in [7, 11) is 0. The minimum atomic E-state index is -0.272. The zero-order valence-electron chi connectivity index (χ0n) is 15.5. The first kappa shape index (κ1) is 17.8. The summed E-state index contributed by atoms with van der Waals surface area (Å²) in [4.78, 5) is 13.3. The average Bonchev–Trinajstić information content (AvgIpc) is 3.14. The molecule has 0 amide bonds. The summed E-state index contributed by atoms with van der Waals surface area (Å²) in [5.41, 5.74) is 4.42. The summed E-state index contributed by atoms with van der Waals surface area (Å²) in [5, 5.41) is 7.02. The quantitative estimate of drug-likeness (QED) is 0.551. The summed E-state index contributed by atoms with van der Waals surface area (Å²) in [6.45, 7) is 4.05. The number of benzene rings is 1. The van der Waals surface area contributed by atoms with Crippen molar-refractivity contribution in [3.63, 3.8) is 0 Å². The molecule has 1 N–H and O–H groups in total. The fraction of sp³-hybridized carbons (Fsp3) is 0.143. The van der Waals surface area contributed by atoms with Gasteiger partial charge in [-0.3, -0.25) is 4.98 Å². The largest absolute Gasteiger partial charge is 0.356 e. The van der Waals surface area contributed by atoms with Crippen LogP contribution in [0, 0.1) is 19.7 Å². The van der Waals surface area contributed by atoms with Gasteiger partial charge >= 0.3 is 0 Å². The van der Waals surface area contributed by atoms with Gasteiger partial charge in [-0.2, -0.15) is 0 Å². The van der Waals surface area contributed by atoms with Crippen molar-refractivity contribution in [3.8, 4) is 22.6 Å². The second kappa shape index (κ2) is 7.56. The van der Waals surface area contributed by atoms with Crippen molar-refractivity contribution >= 4 is 5.95 Å². The number of anilines is 1. The number of hydrogen-bond acceptors (Lipinski definition) is 6. The van der Waals surface area contributed by atoms with E-state index in [1.165, 1.54) is 6.07 Å². The Labute approximate surface area is 161 Å². The Balaban J connectivity index is 1.70. The number of nitrogens with one attached hydrogen (secondary N) is 1. The van der Waals surface area contributed by atoms with E-state index in [4.69, 9.17) is 4.52 Å². The van der Waals surface area contributed by atoms with Gasteiger partial charge in [0.05, 0.1) is 17.0 Å². The number of nitrogens with zero attached hydrogens (tertiary/aromatic N) is 4. The molecule has 0 unspecified atom stereocenters. The van der Waals surface area contributed by atoms with E-state index in [-0.39, 0.29) is 12.4 Å². The van der Waals surface area contributed by atoms with E-state index in [1.54, 1.807) is 30.6 Å². The zero-order valence-corrected chi connectivity index (χ0v) is 15.5. The van der Waals surface area contributed by atoms with Crippen LogP contribution in [0.3, 0.4) is 0 Å². The average molecular weight is 375 g/mol. The molecule has 0 spiro atoms. The van der Waals surface area contributed by atoms with E-state index in [1.807, 2.05) is 32.0 Å². The molecule has 0 aliphatic carbocycles. The first-order valence-electron chi connectivity index (χ1n) is 8.81. The molecule has 0 saturated heterocycles. The van der Waals surface area contributed by atoms with Gasteiger partial charge in [0.2, 0.25) is 5.95 Å². The maximum atomic E-state index is 13.9. The lowest BCUT2D eigenvalue weighted by Gasteiger charge is -2.10. The van der Waals surface area contributed by atoms with Crippen molar-refractivity contribution in [2.24, 2.45) is 0 Å². The van der Waals surface area contributed by atoms with E-state index in [0.29, 0.717) is 28.5 Å². The molecule has 0 saturated carbocycles. The van der Waals surface area contributed by atoms with E-state index >= 15 is 0 Å². The third-order valence-electron chi connectivity index (χ3n) is 4.26. The second-order valence-corrected chi connectivity index (χ2v) is 6.42. The Hall–Kier alpha value is -3.61. The molecule has 6 nitrogen and oxygen atoms in total. The highest BCUT2D eigenvalue weighted by Crippen LogP contribution is 2.31. The Morgan fingerprint density at radius 1 is 1.00 bits per heavy atom. The van der Waals surface area contributed by atoms with Crippen molar-refractivity contribution in [3.05, 3.63) is 77.6 Å². The number of halogens is 1. The van der Waals surface area contributed by atoms with E-state index < -0.39 is 0 Å². The Kier molecular flexibility index (Phi) is 4.80. The highest BCUT2D eigenvalue weighted by molar-refractivity contribution is 5.78. The van der Waals surface area contributed by atoms with Gasteiger partial charge < -0.3 is 9.84 Å². The molecule has 3 aromatic heterocycles. The lowest BCUT2D eigenvalue weighted by Crippen LogP contribution is -2.06. The molecular formula is C21H18FN5O. The first-order chi connectivity index (χ1) is 13.6. The van der Waals surface area contributed by atoms with Gasteiger partial charge in [-0.1, -0.05) is 23.4 Å². The van der Waals surface area contributed by atoms with Crippen LogP contribution in [0.25, 0.3) is 22.6 Å². The molecule has 0 bridgehead atoms. The minimum absolute atomic E-state index is 0.272. The van der Waals surface area contributed by atoms with Gasteiger partial charge in [0, 0.05) is 41.8 Å². The van der Waals surface area contributed by atoms with Gasteiger partial charge in [0.1, 0.15) is 5.82 Å². The molecule has 0 atom stereocenters. The van der Waals surface area contributed by atoms with Crippen LogP contribution in [0.15, 0.2) is 59.4 Å². The Bertz CT molecular complexity index is 1110. The maximum absolute atomic E-state index is 13.9. The molecule has 4 rings (SSSR count). The standard InChI is InChI=1S/C21H18FN5O/c1-13-7-8-16(11-23-13)20-17(19-9-14(2)27-28-19)12-25-21(26-20)24-10-15-5-3-4-6-18(15)22/h3-9,11-12H,10H2,1-2H3,(H,24,25,26). The summed E-state index contributed by atoms with van der Waals surface area (Å²) >= 11 is 0. The van der Waals surface area contributed by atoms with Crippen molar-refractivity contribution in [1.29, 1.82) is 0 Å². The Morgan fingerprint density at radius 3 is 2.57 bits per heavy atom. The van der Waals surface area contributed by atoms with Crippen LogP contribution in [0.4, 0.5) is 10.3 Å². The highest BCUT2D eigenvalue weighted by atomic mass is 19.1. The van der Waals surface area contributed by atoms with Crippen LogP contribution in [0.2, 0.25) is 0 Å². The zero-order chi connectivity index (χ0) is 19.5. The summed E-state index contributed by atoms with van der Waals surface area (Å²) in [6, 6.07) is 12.3. The van der Waals surface area contributed by atoms with Crippen LogP contribution >= 0.6 is 0 Å². The van der Waals surface area contributed by atoms with Crippen LogP contribution in [0.5, 0.6) is 0 Å². The van der Waals surface area contributed by atoms with Gasteiger partial charge in [0.15, 0.2) is 5.76 Å². The van der Waals surface area contributed by atoms with Crippen LogP contribution < -0.4 is 5.32 Å². The van der Waals surface area contributed by atoms with Crippen molar-refractivity contribution < 1.29 is 8.91 Å². The van der Waals surface area contributed by atoms with Crippen LogP contribution in [0.1, 0.15) is 17.0 Å². The van der Waals surface area contributed by atoms with E-state index in [9.17, 15) is 4.39 Å². The monoisotopic (exact) mass is 375 g/mol. The molecule has 28 heavy (non-hydrogen) atoms. The topological polar surface area (TPSA) is 76.7 Å². The SMILES string of the molecule is Cc1ccc(-c2nc(NCc3ccccc3F)ncc2-c2cc(C)no2)cn1. The fourth-order valence-corrected chi connectivity index (χ4v) is 2.78. The summed E-state index contributed by atoms with van der Waals surface area (Å²) in [5.74, 6) is 0.694. The predicted molar refractivity (Wildman–Crippen MR) is 104 cm³/mol. The highest BCUT2D eigenvalue weighted by Gasteiger charge is 2.16. The number of aromatic nitrogens is 4. The molecule has 0 aliphatic heterocycles. The molecular weight excluding hydrogens is 357 g/mol. The predicted octanol–water partition coefficient (Wildman–Crippen LogP) is 4.56. The van der Waals surface area contributed by atoms with Crippen molar-refractivity contribution in [2.75, 3.05) is 5.32 Å². The maximum Gasteiger partial charge on any atom is 0.223 e. The van der Waals surface area contributed by atoms with Crippen LogP contribution in [-0.4, -0.2) is 20.1 Å². The normalized spacial score (nSPS) is 10.8. The third-order valence-corrected chi connectivity index (χ3v) is 4.26. The van der Waals surface area contributed by atoms with Gasteiger partial charge in [0.25, 0.3) is 0 Å². The molecule has 1 aromatic carbocycles.